The van der Waals surface area contributed by atoms with Gasteiger partial charge in [0.05, 0.1) is 11.7 Å². The number of aromatic amines is 1. The van der Waals surface area contributed by atoms with E-state index in [0.717, 1.165) is 23.7 Å². The van der Waals surface area contributed by atoms with Crippen LogP contribution >= 0.6 is 0 Å². The van der Waals surface area contributed by atoms with E-state index < -0.39 is 12.0 Å². The van der Waals surface area contributed by atoms with Gasteiger partial charge in [0.15, 0.2) is 0 Å². The number of hydrogen-bond acceptors (Lipinski definition) is 3. The van der Waals surface area contributed by atoms with Crippen LogP contribution in [0.15, 0.2) is 24.4 Å². The van der Waals surface area contributed by atoms with Crippen molar-refractivity contribution in [3.8, 4) is 0 Å². The smallest absolute Gasteiger partial charge is 0.326 e. The summed E-state index contributed by atoms with van der Waals surface area (Å²) < 4.78 is 0. The lowest BCUT2D eigenvalue weighted by Gasteiger charge is -2.33. The zero-order valence-electron chi connectivity index (χ0n) is 10.9. The van der Waals surface area contributed by atoms with E-state index >= 15 is 0 Å². The number of amides is 1. The SMILES string of the molecule is O=C(O)[C@H]1CCCCN1C(=O)c1ccc2cn[nH]c2c1. The second-order valence-electron chi connectivity index (χ2n) is 5.02. The van der Waals surface area contributed by atoms with E-state index in [1.54, 1.807) is 18.3 Å². The molecule has 1 aromatic carbocycles. The fourth-order valence-corrected chi connectivity index (χ4v) is 2.67. The highest BCUT2D eigenvalue weighted by Gasteiger charge is 2.32. The van der Waals surface area contributed by atoms with Gasteiger partial charge < -0.3 is 10.0 Å². The number of carbonyl (C=O) groups is 2. The average molecular weight is 273 g/mol. The number of carboxylic acids is 1. The molecule has 6 heteroatoms. The van der Waals surface area contributed by atoms with E-state index in [4.69, 9.17) is 0 Å². The van der Waals surface area contributed by atoms with Crippen molar-refractivity contribution in [1.82, 2.24) is 15.1 Å². The number of likely N-dealkylation sites (tertiary alicyclic amines) is 1. The summed E-state index contributed by atoms with van der Waals surface area (Å²) in [5.41, 5.74) is 1.27. The van der Waals surface area contributed by atoms with Crippen molar-refractivity contribution < 1.29 is 14.7 Å². The number of nitrogens with one attached hydrogen (secondary N) is 1. The number of piperidine rings is 1. The number of benzene rings is 1. The number of nitrogens with zero attached hydrogens (tertiary/aromatic N) is 2. The number of hydrogen-bond donors (Lipinski definition) is 2. The Morgan fingerprint density at radius 2 is 2.20 bits per heavy atom. The largest absolute Gasteiger partial charge is 0.480 e. The minimum absolute atomic E-state index is 0.228. The van der Waals surface area contributed by atoms with Crippen LogP contribution in [-0.4, -0.2) is 44.7 Å². The second-order valence-corrected chi connectivity index (χ2v) is 5.02. The maximum absolute atomic E-state index is 12.5. The van der Waals surface area contributed by atoms with Crippen LogP contribution in [-0.2, 0) is 4.79 Å². The van der Waals surface area contributed by atoms with Gasteiger partial charge in [0, 0.05) is 17.5 Å². The Hall–Kier alpha value is -2.37. The summed E-state index contributed by atoms with van der Waals surface area (Å²) in [7, 11) is 0. The molecular weight excluding hydrogens is 258 g/mol. The number of fused-ring (bicyclic) bond motifs is 1. The Kier molecular flexibility index (Phi) is 3.14. The zero-order chi connectivity index (χ0) is 14.1. The van der Waals surface area contributed by atoms with Crippen molar-refractivity contribution in [2.24, 2.45) is 0 Å². The number of aliphatic carboxylic acids is 1. The normalized spacial score (nSPS) is 19.2. The van der Waals surface area contributed by atoms with Crippen LogP contribution in [0, 0.1) is 0 Å². The van der Waals surface area contributed by atoms with Crippen molar-refractivity contribution >= 4 is 22.8 Å². The number of rotatable bonds is 2. The van der Waals surface area contributed by atoms with Gasteiger partial charge in [0.25, 0.3) is 5.91 Å². The monoisotopic (exact) mass is 273 g/mol. The van der Waals surface area contributed by atoms with E-state index in [1.807, 2.05) is 6.07 Å². The zero-order valence-corrected chi connectivity index (χ0v) is 10.9. The third-order valence-corrected chi connectivity index (χ3v) is 3.74. The number of carbonyl (C=O) groups excluding carboxylic acids is 1. The van der Waals surface area contributed by atoms with E-state index in [0.29, 0.717) is 18.5 Å². The Bertz CT molecular complexity index is 664. The molecule has 0 aliphatic carbocycles. The van der Waals surface area contributed by atoms with Gasteiger partial charge in [-0.15, -0.1) is 0 Å². The summed E-state index contributed by atoms with van der Waals surface area (Å²) in [6.07, 6.45) is 3.90. The van der Waals surface area contributed by atoms with Gasteiger partial charge in [0.1, 0.15) is 6.04 Å². The van der Waals surface area contributed by atoms with Crippen LogP contribution in [0.25, 0.3) is 10.9 Å². The maximum Gasteiger partial charge on any atom is 0.326 e. The molecule has 1 aliphatic rings. The van der Waals surface area contributed by atoms with Gasteiger partial charge in [-0.25, -0.2) is 4.79 Å². The first-order valence-electron chi connectivity index (χ1n) is 6.64. The minimum Gasteiger partial charge on any atom is -0.480 e. The fraction of sp³-hybridized carbons (Fsp3) is 0.357. The fourth-order valence-electron chi connectivity index (χ4n) is 2.67. The van der Waals surface area contributed by atoms with Crippen LogP contribution in [0.4, 0.5) is 0 Å². The van der Waals surface area contributed by atoms with Crippen molar-refractivity contribution in [1.29, 1.82) is 0 Å². The van der Waals surface area contributed by atoms with E-state index in [1.165, 1.54) is 4.90 Å². The molecule has 1 aliphatic heterocycles. The Balaban J connectivity index is 1.91. The minimum atomic E-state index is -0.930. The van der Waals surface area contributed by atoms with Gasteiger partial charge >= 0.3 is 5.97 Å². The lowest BCUT2D eigenvalue weighted by Crippen LogP contribution is -2.47. The molecule has 2 heterocycles. The van der Waals surface area contributed by atoms with Gasteiger partial charge in [-0.1, -0.05) is 6.07 Å². The molecule has 0 unspecified atom stereocenters. The molecule has 2 aromatic rings. The molecule has 1 fully saturated rings. The van der Waals surface area contributed by atoms with Crippen LogP contribution < -0.4 is 0 Å². The van der Waals surface area contributed by atoms with Gasteiger partial charge in [-0.05, 0) is 31.4 Å². The van der Waals surface area contributed by atoms with Crippen LogP contribution in [0.5, 0.6) is 0 Å². The predicted octanol–water partition coefficient (Wildman–Crippen LogP) is 1.64. The topological polar surface area (TPSA) is 86.3 Å². The number of aromatic nitrogens is 2. The molecular formula is C14H15N3O3. The molecule has 1 amide bonds. The third-order valence-electron chi connectivity index (χ3n) is 3.74. The van der Waals surface area contributed by atoms with Gasteiger partial charge in [0.2, 0.25) is 0 Å². The first-order chi connectivity index (χ1) is 9.66. The van der Waals surface area contributed by atoms with Crippen LogP contribution in [0.3, 0.4) is 0 Å². The third kappa shape index (κ3) is 2.13. The molecule has 1 saturated heterocycles. The first kappa shape index (κ1) is 12.7. The summed E-state index contributed by atoms with van der Waals surface area (Å²) in [6, 6.07) is 4.53. The van der Waals surface area contributed by atoms with Crippen molar-refractivity contribution in [3.63, 3.8) is 0 Å². The molecule has 0 radical (unpaired) electrons. The van der Waals surface area contributed by atoms with Crippen molar-refractivity contribution in [3.05, 3.63) is 30.0 Å². The summed E-state index contributed by atoms with van der Waals surface area (Å²) in [6.45, 7) is 0.497. The first-order valence-corrected chi connectivity index (χ1v) is 6.64. The highest BCUT2D eigenvalue weighted by atomic mass is 16.4. The molecule has 20 heavy (non-hydrogen) atoms. The summed E-state index contributed by atoms with van der Waals surface area (Å²) in [5.74, 6) is -1.16. The summed E-state index contributed by atoms with van der Waals surface area (Å²) in [5, 5.41) is 16.9. The lowest BCUT2D eigenvalue weighted by atomic mass is 10.0. The Morgan fingerprint density at radius 3 is 3.00 bits per heavy atom. The highest BCUT2D eigenvalue weighted by molar-refractivity contribution is 5.99. The second kappa shape index (κ2) is 4.96. The molecule has 1 atom stereocenters. The average Bonchev–Trinajstić information content (AvgIpc) is 2.93. The van der Waals surface area contributed by atoms with E-state index in [9.17, 15) is 14.7 Å². The number of H-pyrrole nitrogens is 1. The molecule has 3 rings (SSSR count). The molecule has 1 aromatic heterocycles. The summed E-state index contributed by atoms with van der Waals surface area (Å²) >= 11 is 0. The predicted molar refractivity (Wildman–Crippen MR) is 72.4 cm³/mol. The molecule has 0 saturated carbocycles. The van der Waals surface area contributed by atoms with Crippen molar-refractivity contribution in [2.75, 3.05) is 6.54 Å². The van der Waals surface area contributed by atoms with Crippen LogP contribution in [0.2, 0.25) is 0 Å². The van der Waals surface area contributed by atoms with Crippen LogP contribution in [0.1, 0.15) is 29.6 Å². The quantitative estimate of drug-likeness (QED) is 0.871. The van der Waals surface area contributed by atoms with E-state index in [-0.39, 0.29) is 5.91 Å². The standard InChI is InChI=1S/C14H15N3O3/c18-13(17-6-2-1-3-12(17)14(19)20)9-4-5-10-8-15-16-11(10)7-9/h4-5,7-8,12H,1-3,6H2,(H,15,16)(H,19,20)/t12-/m1/s1. The van der Waals surface area contributed by atoms with E-state index in [2.05, 4.69) is 10.2 Å². The molecule has 0 spiro atoms. The molecule has 0 bridgehead atoms. The lowest BCUT2D eigenvalue weighted by molar-refractivity contribution is -0.143. The highest BCUT2D eigenvalue weighted by Crippen LogP contribution is 2.21. The molecule has 2 N–H and O–H groups in total. The Morgan fingerprint density at radius 1 is 1.35 bits per heavy atom. The molecule has 104 valence electrons. The Labute approximate surface area is 115 Å². The van der Waals surface area contributed by atoms with Gasteiger partial charge in [-0.2, -0.15) is 5.10 Å². The number of carboxylic acid groups (broad SMARTS) is 1. The summed E-state index contributed by atoms with van der Waals surface area (Å²) in [4.78, 5) is 25.2. The molecule has 6 nitrogen and oxygen atoms in total. The van der Waals surface area contributed by atoms with Gasteiger partial charge in [-0.3, -0.25) is 9.89 Å². The van der Waals surface area contributed by atoms with Crippen molar-refractivity contribution in [2.45, 2.75) is 25.3 Å². The maximum atomic E-state index is 12.5.